The first kappa shape index (κ1) is 15.9. The van der Waals surface area contributed by atoms with Crippen molar-refractivity contribution in [3.05, 3.63) is 11.6 Å². The predicted octanol–water partition coefficient (Wildman–Crippen LogP) is 2.39. The Balaban J connectivity index is 1.56. The summed E-state index contributed by atoms with van der Waals surface area (Å²) < 4.78 is 2.13. The first-order chi connectivity index (χ1) is 10.7. The van der Waals surface area contributed by atoms with Gasteiger partial charge in [-0.05, 0) is 44.7 Å². The first-order valence-electron chi connectivity index (χ1n) is 9.07. The molecule has 124 valence electrons. The van der Waals surface area contributed by atoms with E-state index < -0.39 is 0 Å². The van der Waals surface area contributed by atoms with Crippen LogP contribution in [-0.2, 0) is 13.0 Å². The SMILES string of the molecule is CCc1nc2n(n1)CCC[C@H]2NC1CCN(CC(C)C)CC1. The Morgan fingerprint density at radius 3 is 2.64 bits per heavy atom. The zero-order chi connectivity index (χ0) is 15.5. The molecule has 0 saturated carbocycles. The Kier molecular flexibility index (Phi) is 5.14. The number of likely N-dealkylation sites (tertiary alicyclic amines) is 1. The van der Waals surface area contributed by atoms with E-state index in [0.717, 1.165) is 24.7 Å². The van der Waals surface area contributed by atoms with Gasteiger partial charge in [0.25, 0.3) is 0 Å². The number of aromatic nitrogens is 3. The lowest BCUT2D eigenvalue weighted by Gasteiger charge is -2.36. The van der Waals surface area contributed by atoms with Crippen molar-refractivity contribution >= 4 is 0 Å². The summed E-state index contributed by atoms with van der Waals surface area (Å²) in [7, 11) is 0. The third-order valence-electron chi connectivity index (χ3n) is 4.88. The highest BCUT2D eigenvalue weighted by atomic mass is 15.4. The lowest BCUT2D eigenvalue weighted by molar-refractivity contribution is 0.169. The number of aryl methyl sites for hydroxylation is 2. The highest BCUT2D eigenvalue weighted by Crippen LogP contribution is 2.25. The number of nitrogens with zero attached hydrogens (tertiary/aromatic N) is 4. The third-order valence-corrected chi connectivity index (χ3v) is 4.88. The van der Waals surface area contributed by atoms with Gasteiger partial charge in [-0.15, -0.1) is 0 Å². The molecule has 0 radical (unpaired) electrons. The summed E-state index contributed by atoms with van der Waals surface area (Å²) in [6.07, 6.45) is 5.87. The minimum atomic E-state index is 0.406. The maximum absolute atomic E-state index is 4.75. The van der Waals surface area contributed by atoms with Gasteiger partial charge in [0, 0.05) is 25.6 Å². The van der Waals surface area contributed by atoms with Crippen molar-refractivity contribution in [3.8, 4) is 0 Å². The van der Waals surface area contributed by atoms with Gasteiger partial charge in [-0.2, -0.15) is 5.10 Å². The minimum absolute atomic E-state index is 0.406. The van der Waals surface area contributed by atoms with Crippen LogP contribution >= 0.6 is 0 Å². The largest absolute Gasteiger partial charge is 0.304 e. The maximum Gasteiger partial charge on any atom is 0.150 e. The van der Waals surface area contributed by atoms with Crippen LogP contribution in [0.1, 0.15) is 64.1 Å². The predicted molar refractivity (Wildman–Crippen MR) is 88.8 cm³/mol. The molecule has 5 nitrogen and oxygen atoms in total. The summed E-state index contributed by atoms with van der Waals surface area (Å²) in [6, 6.07) is 1.05. The Morgan fingerprint density at radius 1 is 1.18 bits per heavy atom. The van der Waals surface area contributed by atoms with Gasteiger partial charge in [-0.3, -0.25) is 0 Å². The Labute approximate surface area is 134 Å². The highest BCUT2D eigenvalue weighted by Gasteiger charge is 2.28. The molecule has 2 aliphatic rings. The second kappa shape index (κ2) is 7.09. The van der Waals surface area contributed by atoms with Crippen molar-refractivity contribution in [2.24, 2.45) is 5.92 Å². The van der Waals surface area contributed by atoms with Crippen LogP contribution in [0.4, 0.5) is 0 Å². The van der Waals surface area contributed by atoms with Crippen molar-refractivity contribution in [1.82, 2.24) is 25.0 Å². The smallest absolute Gasteiger partial charge is 0.150 e. The summed E-state index contributed by atoms with van der Waals surface area (Å²) in [5, 5.41) is 8.49. The fraction of sp³-hybridized carbons (Fsp3) is 0.882. The van der Waals surface area contributed by atoms with Crippen LogP contribution in [0, 0.1) is 5.92 Å². The van der Waals surface area contributed by atoms with Gasteiger partial charge in [0.2, 0.25) is 0 Å². The first-order valence-corrected chi connectivity index (χ1v) is 9.07. The van der Waals surface area contributed by atoms with Gasteiger partial charge in [-0.25, -0.2) is 9.67 Å². The van der Waals surface area contributed by atoms with Gasteiger partial charge in [-0.1, -0.05) is 20.8 Å². The molecule has 0 spiro atoms. The van der Waals surface area contributed by atoms with Gasteiger partial charge in [0.1, 0.15) is 5.82 Å². The highest BCUT2D eigenvalue weighted by molar-refractivity contribution is 5.03. The zero-order valence-electron chi connectivity index (χ0n) is 14.4. The quantitative estimate of drug-likeness (QED) is 0.907. The van der Waals surface area contributed by atoms with Gasteiger partial charge >= 0.3 is 0 Å². The van der Waals surface area contributed by atoms with Crippen molar-refractivity contribution in [2.75, 3.05) is 19.6 Å². The van der Waals surface area contributed by atoms with Crippen LogP contribution in [0.15, 0.2) is 0 Å². The topological polar surface area (TPSA) is 46.0 Å². The van der Waals surface area contributed by atoms with E-state index in [4.69, 9.17) is 4.98 Å². The molecule has 0 bridgehead atoms. The molecule has 1 aromatic heterocycles. The normalized spacial score (nSPS) is 23.9. The maximum atomic E-state index is 4.75. The zero-order valence-corrected chi connectivity index (χ0v) is 14.4. The van der Waals surface area contributed by atoms with Crippen molar-refractivity contribution in [2.45, 2.75) is 71.5 Å². The standard InChI is InChI=1S/C17H31N5/c1-4-16-19-17-15(6-5-9-22(17)20-16)18-14-7-10-21(11-8-14)12-13(2)3/h13-15,18H,4-12H2,1-3H3/t15-/m1/s1. The Hall–Kier alpha value is -0.940. The van der Waals surface area contributed by atoms with Crippen LogP contribution in [0.5, 0.6) is 0 Å². The molecule has 5 heteroatoms. The van der Waals surface area contributed by atoms with Crippen LogP contribution in [0.25, 0.3) is 0 Å². The third kappa shape index (κ3) is 3.69. The number of hydrogen-bond acceptors (Lipinski definition) is 4. The molecule has 1 fully saturated rings. The molecule has 0 aliphatic carbocycles. The van der Waals surface area contributed by atoms with Crippen LogP contribution in [0.2, 0.25) is 0 Å². The molecule has 0 aromatic carbocycles. The number of rotatable bonds is 5. The van der Waals surface area contributed by atoms with Gasteiger partial charge < -0.3 is 10.2 Å². The molecule has 3 rings (SSSR count). The van der Waals surface area contributed by atoms with Crippen LogP contribution < -0.4 is 5.32 Å². The summed E-state index contributed by atoms with van der Waals surface area (Å²) in [6.45, 7) is 11.5. The fourth-order valence-corrected chi connectivity index (χ4v) is 3.79. The molecule has 0 unspecified atom stereocenters. The lowest BCUT2D eigenvalue weighted by Crippen LogP contribution is -2.45. The molecule has 22 heavy (non-hydrogen) atoms. The molecule has 3 heterocycles. The molecule has 0 amide bonds. The van der Waals surface area contributed by atoms with Crippen LogP contribution in [0.3, 0.4) is 0 Å². The number of nitrogens with one attached hydrogen (secondary N) is 1. The van der Waals surface area contributed by atoms with E-state index in [9.17, 15) is 0 Å². The average Bonchev–Trinajstić information content (AvgIpc) is 2.93. The summed E-state index contributed by atoms with van der Waals surface area (Å²) in [4.78, 5) is 7.36. The summed E-state index contributed by atoms with van der Waals surface area (Å²) in [5.74, 6) is 2.94. The number of piperidine rings is 1. The second-order valence-electron chi connectivity index (χ2n) is 7.29. The van der Waals surface area contributed by atoms with E-state index in [1.807, 2.05) is 0 Å². The van der Waals surface area contributed by atoms with Gasteiger partial charge in [0.15, 0.2) is 5.82 Å². The number of fused-ring (bicyclic) bond motifs is 1. The van der Waals surface area contributed by atoms with Crippen molar-refractivity contribution in [3.63, 3.8) is 0 Å². The molecule has 1 aromatic rings. The lowest BCUT2D eigenvalue weighted by atomic mass is 10.00. The van der Waals surface area contributed by atoms with E-state index in [1.54, 1.807) is 0 Å². The molecule has 1 saturated heterocycles. The number of hydrogen-bond donors (Lipinski definition) is 1. The van der Waals surface area contributed by atoms with E-state index in [1.165, 1.54) is 51.1 Å². The summed E-state index contributed by atoms with van der Waals surface area (Å²) >= 11 is 0. The van der Waals surface area contributed by atoms with E-state index in [-0.39, 0.29) is 0 Å². The molecule has 2 aliphatic heterocycles. The Morgan fingerprint density at radius 2 is 1.95 bits per heavy atom. The average molecular weight is 305 g/mol. The summed E-state index contributed by atoms with van der Waals surface area (Å²) in [5.41, 5.74) is 0. The van der Waals surface area contributed by atoms with Crippen molar-refractivity contribution in [1.29, 1.82) is 0 Å². The second-order valence-corrected chi connectivity index (χ2v) is 7.29. The van der Waals surface area contributed by atoms with Crippen molar-refractivity contribution < 1.29 is 0 Å². The molecular formula is C17H31N5. The van der Waals surface area contributed by atoms with E-state index >= 15 is 0 Å². The molecule has 1 atom stereocenters. The fourth-order valence-electron chi connectivity index (χ4n) is 3.79. The van der Waals surface area contributed by atoms with Gasteiger partial charge in [0.05, 0.1) is 6.04 Å². The van der Waals surface area contributed by atoms with Crippen LogP contribution in [-0.4, -0.2) is 45.3 Å². The molecular weight excluding hydrogens is 274 g/mol. The van der Waals surface area contributed by atoms with E-state index in [2.05, 4.69) is 40.8 Å². The monoisotopic (exact) mass is 305 g/mol. The Bertz CT molecular complexity index is 473. The minimum Gasteiger partial charge on any atom is -0.304 e. The molecule has 1 N–H and O–H groups in total. The van der Waals surface area contributed by atoms with E-state index in [0.29, 0.717) is 12.1 Å².